The largest absolute Gasteiger partial charge is 0.378 e. The van der Waals surface area contributed by atoms with Crippen LogP contribution in [0.2, 0.25) is 0 Å². The Kier molecular flexibility index (Phi) is 7.16. The molecule has 1 heterocycles. The minimum absolute atomic E-state index is 0.0838. The number of fused-ring (bicyclic) bond motifs is 1. The molecule has 4 rings (SSSR count). The molecule has 3 aromatic rings. The lowest BCUT2D eigenvalue weighted by Gasteiger charge is -2.31. The number of anilines is 3. The van der Waals surface area contributed by atoms with E-state index in [1.165, 1.54) is 11.3 Å². The molecule has 0 radical (unpaired) electrons. The van der Waals surface area contributed by atoms with Crippen molar-refractivity contribution >= 4 is 28.9 Å². The Bertz CT molecular complexity index is 1160. The summed E-state index contributed by atoms with van der Waals surface area (Å²) in [6.07, 6.45) is 1.74. The highest BCUT2D eigenvalue weighted by Crippen LogP contribution is 2.35. The van der Waals surface area contributed by atoms with Gasteiger partial charge in [0.1, 0.15) is 0 Å². The highest BCUT2D eigenvalue weighted by molar-refractivity contribution is 6.39. The zero-order chi connectivity index (χ0) is 24.1. The van der Waals surface area contributed by atoms with Crippen LogP contribution in [-0.4, -0.2) is 39.0 Å². The molecule has 3 aromatic carbocycles. The zero-order valence-corrected chi connectivity index (χ0v) is 20.0. The predicted octanol–water partition coefficient (Wildman–Crippen LogP) is 4.17. The maximum atomic E-state index is 12.7. The Labute approximate surface area is 201 Å². The van der Waals surface area contributed by atoms with E-state index >= 15 is 0 Å². The second kappa shape index (κ2) is 10.4. The SMILES string of the molecule is CCc1ccccc1NC(=O)C(=O)NCC(c1ccc(N(C)C)cc1)N1CCc2ccccc21. The maximum Gasteiger partial charge on any atom is 0.313 e. The molecule has 0 aromatic heterocycles. The molecule has 34 heavy (non-hydrogen) atoms. The highest BCUT2D eigenvalue weighted by atomic mass is 16.2. The number of aryl methyl sites for hydroxylation is 1. The van der Waals surface area contributed by atoms with Gasteiger partial charge in [-0.05, 0) is 53.8 Å². The molecule has 2 N–H and O–H groups in total. The Morgan fingerprint density at radius 2 is 1.65 bits per heavy atom. The lowest BCUT2D eigenvalue weighted by molar-refractivity contribution is -0.136. The van der Waals surface area contributed by atoms with Gasteiger partial charge in [-0.15, -0.1) is 0 Å². The van der Waals surface area contributed by atoms with Crippen molar-refractivity contribution in [3.8, 4) is 0 Å². The lowest BCUT2D eigenvalue weighted by atomic mass is 10.0. The zero-order valence-electron chi connectivity index (χ0n) is 20.0. The van der Waals surface area contributed by atoms with E-state index < -0.39 is 11.8 Å². The van der Waals surface area contributed by atoms with Crippen LogP contribution >= 0.6 is 0 Å². The summed E-state index contributed by atoms with van der Waals surface area (Å²) in [6.45, 7) is 3.22. The van der Waals surface area contributed by atoms with E-state index in [0.717, 1.165) is 36.2 Å². The fourth-order valence-electron chi connectivity index (χ4n) is 4.49. The van der Waals surface area contributed by atoms with Gasteiger partial charge in [-0.25, -0.2) is 0 Å². The minimum atomic E-state index is -0.649. The first-order chi connectivity index (χ1) is 16.5. The summed E-state index contributed by atoms with van der Waals surface area (Å²) in [7, 11) is 4.03. The quantitative estimate of drug-likeness (QED) is 0.524. The van der Waals surface area contributed by atoms with Crippen LogP contribution in [0.25, 0.3) is 0 Å². The van der Waals surface area contributed by atoms with Crippen molar-refractivity contribution in [2.75, 3.05) is 42.3 Å². The molecule has 0 aliphatic carbocycles. The van der Waals surface area contributed by atoms with Crippen LogP contribution in [0.5, 0.6) is 0 Å². The average molecular weight is 457 g/mol. The Balaban J connectivity index is 1.51. The summed E-state index contributed by atoms with van der Waals surface area (Å²) in [5.41, 5.74) is 6.37. The van der Waals surface area contributed by atoms with Gasteiger partial charge in [0.05, 0.1) is 6.04 Å². The first-order valence-electron chi connectivity index (χ1n) is 11.8. The van der Waals surface area contributed by atoms with Crippen molar-refractivity contribution in [2.45, 2.75) is 25.8 Å². The van der Waals surface area contributed by atoms with E-state index in [0.29, 0.717) is 12.2 Å². The van der Waals surface area contributed by atoms with Crippen LogP contribution < -0.4 is 20.4 Å². The molecule has 6 nitrogen and oxygen atoms in total. The third-order valence-corrected chi connectivity index (χ3v) is 6.40. The third kappa shape index (κ3) is 5.06. The Hall–Kier alpha value is -3.80. The number of benzene rings is 3. The van der Waals surface area contributed by atoms with E-state index in [1.54, 1.807) is 0 Å². The van der Waals surface area contributed by atoms with Crippen LogP contribution in [0.15, 0.2) is 72.8 Å². The van der Waals surface area contributed by atoms with Crippen LogP contribution in [0, 0.1) is 0 Å². The molecule has 0 spiro atoms. The van der Waals surface area contributed by atoms with Crippen molar-refractivity contribution in [1.82, 2.24) is 5.32 Å². The molecule has 1 atom stereocenters. The van der Waals surface area contributed by atoms with Crippen molar-refractivity contribution in [3.63, 3.8) is 0 Å². The summed E-state index contributed by atoms with van der Waals surface area (Å²) >= 11 is 0. The number of para-hydroxylation sites is 2. The van der Waals surface area contributed by atoms with Crippen LogP contribution in [0.4, 0.5) is 17.1 Å². The van der Waals surface area contributed by atoms with Crippen LogP contribution in [0.3, 0.4) is 0 Å². The van der Waals surface area contributed by atoms with Crippen molar-refractivity contribution in [1.29, 1.82) is 0 Å². The van der Waals surface area contributed by atoms with E-state index in [-0.39, 0.29) is 6.04 Å². The van der Waals surface area contributed by atoms with Crippen LogP contribution in [-0.2, 0) is 22.4 Å². The average Bonchev–Trinajstić information content (AvgIpc) is 3.28. The molecule has 0 fully saturated rings. The van der Waals surface area contributed by atoms with Gasteiger partial charge in [0, 0.05) is 44.2 Å². The number of hydrogen-bond acceptors (Lipinski definition) is 4. The number of carbonyl (C=O) groups excluding carboxylic acids is 2. The second-order valence-corrected chi connectivity index (χ2v) is 8.75. The number of carbonyl (C=O) groups is 2. The van der Waals surface area contributed by atoms with Crippen molar-refractivity contribution in [3.05, 3.63) is 89.5 Å². The number of rotatable bonds is 7. The minimum Gasteiger partial charge on any atom is -0.378 e. The van der Waals surface area contributed by atoms with Crippen molar-refractivity contribution in [2.24, 2.45) is 0 Å². The molecule has 1 aliphatic heterocycles. The number of nitrogens with zero attached hydrogens (tertiary/aromatic N) is 2. The first-order valence-corrected chi connectivity index (χ1v) is 11.8. The molecular weight excluding hydrogens is 424 g/mol. The number of nitrogens with one attached hydrogen (secondary N) is 2. The molecule has 1 unspecified atom stereocenters. The highest BCUT2D eigenvalue weighted by Gasteiger charge is 2.28. The van der Waals surface area contributed by atoms with Gasteiger partial charge in [-0.1, -0.05) is 55.5 Å². The maximum absolute atomic E-state index is 12.7. The van der Waals surface area contributed by atoms with Gasteiger partial charge in [0.25, 0.3) is 0 Å². The number of hydrogen-bond donors (Lipinski definition) is 2. The predicted molar refractivity (Wildman–Crippen MR) is 138 cm³/mol. The van der Waals surface area contributed by atoms with Gasteiger partial charge in [0.2, 0.25) is 0 Å². The normalized spacial score (nSPS) is 13.2. The smallest absolute Gasteiger partial charge is 0.313 e. The Morgan fingerprint density at radius 3 is 2.38 bits per heavy atom. The monoisotopic (exact) mass is 456 g/mol. The summed E-state index contributed by atoms with van der Waals surface area (Å²) in [5, 5.41) is 5.64. The standard InChI is InChI=1S/C28H32N4O2/c1-4-20-9-5-7-11-24(20)30-28(34)27(33)29-19-26(22-13-15-23(16-14-22)31(2)3)32-18-17-21-10-6-8-12-25(21)32/h5-16,26H,4,17-19H2,1-3H3,(H,29,33)(H,30,34). The summed E-state index contributed by atoms with van der Waals surface area (Å²) in [5.74, 6) is -1.28. The third-order valence-electron chi connectivity index (χ3n) is 6.40. The van der Waals surface area contributed by atoms with E-state index in [4.69, 9.17) is 0 Å². The van der Waals surface area contributed by atoms with Crippen molar-refractivity contribution < 1.29 is 9.59 Å². The summed E-state index contributed by atoms with van der Waals surface area (Å²) in [4.78, 5) is 29.7. The fourth-order valence-corrected chi connectivity index (χ4v) is 4.49. The fraction of sp³-hybridized carbons (Fsp3) is 0.286. The Morgan fingerprint density at radius 1 is 0.941 bits per heavy atom. The van der Waals surface area contributed by atoms with Gasteiger partial charge in [0.15, 0.2) is 0 Å². The molecule has 1 aliphatic rings. The first kappa shape index (κ1) is 23.4. The molecule has 6 heteroatoms. The topological polar surface area (TPSA) is 64.7 Å². The van der Waals surface area contributed by atoms with Gasteiger partial charge in [-0.3, -0.25) is 9.59 Å². The summed E-state index contributed by atoms with van der Waals surface area (Å²) < 4.78 is 0. The molecule has 176 valence electrons. The van der Waals surface area contributed by atoms with E-state index in [2.05, 4.69) is 62.9 Å². The number of amides is 2. The van der Waals surface area contributed by atoms with E-state index in [1.807, 2.05) is 51.4 Å². The molecule has 0 saturated carbocycles. The van der Waals surface area contributed by atoms with Gasteiger partial charge < -0.3 is 20.4 Å². The van der Waals surface area contributed by atoms with E-state index in [9.17, 15) is 9.59 Å². The molecule has 0 bridgehead atoms. The van der Waals surface area contributed by atoms with Gasteiger partial charge >= 0.3 is 11.8 Å². The molecule has 2 amide bonds. The molecular formula is C28H32N4O2. The van der Waals surface area contributed by atoms with Gasteiger partial charge in [-0.2, -0.15) is 0 Å². The van der Waals surface area contributed by atoms with Crippen LogP contribution in [0.1, 0.15) is 29.7 Å². The lowest BCUT2D eigenvalue weighted by Crippen LogP contribution is -2.42. The molecule has 0 saturated heterocycles. The second-order valence-electron chi connectivity index (χ2n) is 8.75. The summed E-state index contributed by atoms with van der Waals surface area (Å²) in [6, 6.07) is 24.2.